The Bertz CT molecular complexity index is 435. The molecule has 1 aromatic rings. The molecule has 80 valence electrons. The van der Waals surface area contributed by atoms with E-state index in [1.54, 1.807) is 0 Å². The molecule has 1 aliphatic rings. The fourth-order valence-electron chi connectivity index (χ4n) is 1.48. The van der Waals surface area contributed by atoms with E-state index in [4.69, 9.17) is 0 Å². The number of nitrogens with zero attached hydrogens (tertiary/aromatic N) is 2. The number of rotatable bonds is 1. The van der Waals surface area contributed by atoms with Crippen LogP contribution in [0, 0.1) is 6.92 Å². The van der Waals surface area contributed by atoms with Gasteiger partial charge in [-0.25, -0.2) is 0 Å². The molecule has 1 aromatic carbocycles. The quantitative estimate of drug-likeness (QED) is 0.387. The molecule has 0 amide bonds. The normalized spacial score (nSPS) is 8.94. The van der Waals surface area contributed by atoms with Crippen LogP contribution >= 0.6 is 0 Å². The van der Waals surface area contributed by atoms with Gasteiger partial charge in [-0.15, -0.1) is 6.07 Å². The molecule has 0 saturated carbocycles. The van der Waals surface area contributed by atoms with Crippen molar-refractivity contribution in [2.75, 3.05) is 6.67 Å². The number of aryl methyl sites for hydroxylation is 1. The first-order valence-corrected chi connectivity index (χ1v) is 4.15. The molecule has 0 aromatic heterocycles. The fourth-order valence-corrected chi connectivity index (χ4v) is 1.48. The van der Waals surface area contributed by atoms with Crippen molar-refractivity contribution in [3.8, 4) is 0 Å². The van der Waals surface area contributed by atoms with Crippen LogP contribution in [-0.2, 0) is 203 Å². The molecule has 2 rings (SSSR count). The Balaban J connectivity index is -0.0000000939. The zero-order valence-electron chi connectivity index (χ0n) is 10.6. The molecule has 1 heterocycles. The van der Waals surface area contributed by atoms with Crippen LogP contribution in [0.15, 0.2) is 22.1 Å². The van der Waals surface area contributed by atoms with E-state index in [-0.39, 0.29) is 196 Å². The average molecular weight is 693 g/mol. The van der Waals surface area contributed by atoms with E-state index in [9.17, 15) is 0 Å². The molecule has 1 aliphatic heterocycles. The molecule has 0 fully saturated rings. The Kier molecular flexibility index (Phi) is 35.9. The molecule has 18 heavy (non-hydrogen) atoms. The summed E-state index contributed by atoms with van der Waals surface area (Å²) in [5.74, 6) is 0. The van der Waals surface area contributed by atoms with Crippen molar-refractivity contribution in [2.24, 2.45) is 9.98 Å². The minimum atomic E-state index is 0. The summed E-state index contributed by atoms with van der Waals surface area (Å²) >= 11 is 0. The Morgan fingerprint density at radius 3 is 1.94 bits per heavy atom. The minimum absolute atomic E-state index is 0. The van der Waals surface area contributed by atoms with Crippen molar-refractivity contribution in [3.63, 3.8) is 0 Å². The summed E-state index contributed by atoms with van der Waals surface area (Å²) in [5.41, 5.74) is 2.27. The molecular formula is C10H11N2Y6-. The van der Waals surface area contributed by atoms with Crippen LogP contribution < -0.4 is 10.7 Å². The van der Waals surface area contributed by atoms with Crippen LogP contribution in [0.2, 0.25) is 0 Å². The number of benzene rings is 1. The maximum absolute atomic E-state index is 4.32. The number of hydrogen-bond acceptors (Lipinski definition) is 2. The largest absolute Gasteiger partial charge is 0.324 e. The van der Waals surface area contributed by atoms with Crippen molar-refractivity contribution in [3.05, 3.63) is 40.9 Å². The Morgan fingerprint density at radius 1 is 0.944 bits per heavy atom. The minimum Gasteiger partial charge on any atom is -0.324 e. The molecule has 0 spiro atoms. The van der Waals surface area contributed by atoms with E-state index in [0.29, 0.717) is 6.67 Å². The van der Waals surface area contributed by atoms with Crippen molar-refractivity contribution < 1.29 is 196 Å². The van der Waals surface area contributed by atoms with Gasteiger partial charge >= 0.3 is 0 Å². The maximum Gasteiger partial charge on any atom is 0.116 e. The summed E-state index contributed by atoms with van der Waals surface area (Å²) in [5, 5.41) is 2.05. The molecule has 0 N–H and O–H groups in total. The van der Waals surface area contributed by atoms with Gasteiger partial charge in [-0.05, 0) is 17.3 Å². The molecular weight excluding hydrogens is 682 g/mol. The molecule has 0 saturated heterocycles. The summed E-state index contributed by atoms with van der Waals surface area (Å²) in [6.07, 6.45) is 1.02. The third-order valence-corrected chi connectivity index (χ3v) is 2.16. The summed E-state index contributed by atoms with van der Waals surface area (Å²) < 4.78 is 0. The smallest absolute Gasteiger partial charge is 0.116 e. The van der Waals surface area contributed by atoms with Gasteiger partial charge < -0.3 is 4.99 Å². The fraction of sp³-hybridized carbons (Fsp3) is 0.300. The second-order valence-corrected chi connectivity index (χ2v) is 2.89. The molecule has 2 nitrogen and oxygen atoms in total. The Morgan fingerprint density at radius 2 is 1.44 bits per heavy atom. The SMILES string of the molecule is [CH2-]c1ccc(CC)c2c1=NCN=2.[Y].[Y].[Y].[Y].[Y].[Y]. The van der Waals surface area contributed by atoms with E-state index in [0.717, 1.165) is 22.7 Å². The van der Waals surface area contributed by atoms with Gasteiger partial charge in [0.15, 0.2) is 0 Å². The summed E-state index contributed by atoms with van der Waals surface area (Å²) in [6.45, 7) is 6.62. The van der Waals surface area contributed by atoms with E-state index in [2.05, 4.69) is 29.9 Å². The third-order valence-electron chi connectivity index (χ3n) is 2.16. The Labute approximate surface area is 260 Å². The zero-order valence-corrected chi connectivity index (χ0v) is 27.7. The van der Waals surface area contributed by atoms with Gasteiger partial charge in [0.25, 0.3) is 0 Å². The summed E-state index contributed by atoms with van der Waals surface area (Å²) in [7, 11) is 0. The van der Waals surface area contributed by atoms with E-state index < -0.39 is 0 Å². The molecule has 0 aliphatic carbocycles. The maximum atomic E-state index is 4.32. The summed E-state index contributed by atoms with van der Waals surface area (Å²) in [6, 6.07) is 4.10. The van der Waals surface area contributed by atoms with E-state index >= 15 is 0 Å². The number of hydrogen-bond donors (Lipinski definition) is 0. The van der Waals surface area contributed by atoms with Gasteiger partial charge in [-0.2, -0.15) is 18.6 Å². The molecule has 0 unspecified atom stereocenters. The standard InChI is InChI=1S/C10H11N2.6Y/c1-3-8-5-4-7(2)9-10(8)12-6-11-9;;;;;;/h4-5H,2-3,6H2,1H3;;;;;;/q-1;;;;;;. The predicted molar refractivity (Wildman–Crippen MR) is 47.5 cm³/mol. The van der Waals surface area contributed by atoms with Crippen molar-refractivity contribution in [2.45, 2.75) is 13.3 Å². The predicted octanol–water partition coefficient (Wildman–Crippen LogP) is 0.626. The van der Waals surface area contributed by atoms with Crippen LogP contribution in [-0.4, -0.2) is 6.67 Å². The second-order valence-electron chi connectivity index (χ2n) is 2.89. The molecule has 0 bridgehead atoms. The third kappa shape index (κ3) is 9.57. The zero-order chi connectivity index (χ0) is 8.55. The first kappa shape index (κ1) is 34.6. The first-order chi connectivity index (χ1) is 5.83. The monoisotopic (exact) mass is 693 g/mol. The Hall–Kier alpha value is 5.31. The van der Waals surface area contributed by atoms with Crippen molar-refractivity contribution >= 4 is 0 Å². The van der Waals surface area contributed by atoms with Crippen molar-refractivity contribution in [1.29, 1.82) is 0 Å². The van der Waals surface area contributed by atoms with Crippen LogP contribution in [0.4, 0.5) is 0 Å². The van der Waals surface area contributed by atoms with Gasteiger partial charge in [0.1, 0.15) is 6.67 Å². The van der Waals surface area contributed by atoms with Crippen LogP contribution in [0.3, 0.4) is 0 Å². The van der Waals surface area contributed by atoms with Gasteiger partial charge in [0.2, 0.25) is 0 Å². The topological polar surface area (TPSA) is 24.7 Å². The van der Waals surface area contributed by atoms with Crippen LogP contribution in [0.1, 0.15) is 18.1 Å². The molecule has 6 radical (unpaired) electrons. The van der Waals surface area contributed by atoms with Crippen LogP contribution in [0.5, 0.6) is 0 Å². The number of fused-ring (bicyclic) bond motifs is 1. The van der Waals surface area contributed by atoms with Gasteiger partial charge in [-0.3, -0.25) is 4.99 Å². The van der Waals surface area contributed by atoms with Gasteiger partial charge in [0, 0.05) is 202 Å². The van der Waals surface area contributed by atoms with Crippen LogP contribution in [0.25, 0.3) is 0 Å². The van der Waals surface area contributed by atoms with Gasteiger partial charge in [-0.1, -0.05) is 6.92 Å². The molecule has 0 atom stereocenters. The van der Waals surface area contributed by atoms with E-state index in [1.165, 1.54) is 5.56 Å². The van der Waals surface area contributed by atoms with Gasteiger partial charge in [0.05, 0.1) is 0 Å². The summed E-state index contributed by atoms with van der Waals surface area (Å²) in [4.78, 5) is 8.60. The van der Waals surface area contributed by atoms with E-state index in [1.807, 2.05) is 6.07 Å². The first-order valence-electron chi connectivity index (χ1n) is 4.15. The van der Waals surface area contributed by atoms with Crippen molar-refractivity contribution in [1.82, 2.24) is 0 Å². The second kappa shape index (κ2) is 18.6. The molecule has 8 heteroatoms. The average Bonchev–Trinajstić information content (AvgIpc) is 2.54.